The number of anilines is 1. The molecule has 2 bridgehead atoms. The van der Waals surface area contributed by atoms with Crippen molar-refractivity contribution in [1.29, 1.82) is 0 Å². The number of pyridine rings is 1. The molecular formula is C20H23N3O3. The van der Waals surface area contributed by atoms with Crippen LogP contribution >= 0.6 is 0 Å². The third-order valence-corrected chi connectivity index (χ3v) is 5.30. The highest BCUT2D eigenvalue weighted by Gasteiger charge is 2.34. The summed E-state index contributed by atoms with van der Waals surface area (Å²) in [6.07, 6.45) is 1.09. The molecule has 0 spiro atoms. The van der Waals surface area contributed by atoms with Crippen LogP contribution in [0.15, 0.2) is 47.3 Å². The number of methoxy groups -OCH3 is 1. The van der Waals surface area contributed by atoms with Crippen LogP contribution in [0, 0.1) is 5.92 Å². The number of hydrogen-bond donors (Lipinski definition) is 1. The van der Waals surface area contributed by atoms with Crippen LogP contribution in [0.3, 0.4) is 0 Å². The number of piperidine rings is 1. The van der Waals surface area contributed by atoms with E-state index in [1.165, 1.54) is 0 Å². The van der Waals surface area contributed by atoms with Crippen LogP contribution in [0.5, 0.6) is 5.75 Å². The summed E-state index contributed by atoms with van der Waals surface area (Å²) in [5.74, 6) is 1.35. The third kappa shape index (κ3) is 3.24. The summed E-state index contributed by atoms with van der Waals surface area (Å²) >= 11 is 0. The molecule has 1 amide bonds. The van der Waals surface area contributed by atoms with Crippen molar-refractivity contribution in [2.24, 2.45) is 5.92 Å². The first-order chi connectivity index (χ1) is 12.6. The lowest BCUT2D eigenvalue weighted by atomic mass is 9.83. The number of carbonyl (C=O) groups is 1. The minimum absolute atomic E-state index is 0.0417. The number of nitrogens with one attached hydrogen (secondary N) is 1. The van der Waals surface area contributed by atoms with Gasteiger partial charge in [-0.05, 0) is 30.5 Å². The maximum Gasteiger partial charge on any atom is 0.250 e. The summed E-state index contributed by atoms with van der Waals surface area (Å²) in [7, 11) is 1.59. The summed E-state index contributed by atoms with van der Waals surface area (Å²) in [4.78, 5) is 26.8. The monoisotopic (exact) mass is 353 g/mol. The van der Waals surface area contributed by atoms with Crippen molar-refractivity contribution >= 4 is 11.6 Å². The van der Waals surface area contributed by atoms with Crippen molar-refractivity contribution in [3.63, 3.8) is 0 Å². The summed E-state index contributed by atoms with van der Waals surface area (Å²) in [6, 6.07) is 12.9. The number of ether oxygens (including phenoxy) is 1. The van der Waals surface area contributed by atoms with Gasteiger partial charge >= 0.3 is 0 Å². The first-order valence-corrected chi connectivity index (χ1v) is 8.99. The summed E-state index contributed by atoms with van der Waals surface area (Å²) in [5, 5.41) is 2.94. The Morgan fingerprint density at radius 3 is 2.85 bits per heavy atom. The molecule has 6 heteroatoms. The number of amides is 1. The van der Waals surface area contributed by atoms with Crippen LogP contribution < -0.4 is 15.6 Å². The normalized spacial score (nSPS) is 21.7. The van der Waals surface area contributed by atoms with E-state index in [1.54, 1.807) is 13.2 Å². The van der Waals surface area contributed by atoms with E-state index in [2.05, 4.69) is 10.2 Å². The second kappa shape index (κ2) is 6.96. The first-order valence-electron chi connectivity index (χ1n) is 8.99. The molecule has 6 nitrogen and oxygen atoms in total. The van der Waals surface area contributed by atoms with Crippen molar-refractivity contribution in [1.82, 2.24) is 9.47 Å². The van der Waals surface area contributed by atoms with Gasteiger partial charge in [-0.15, -0.1) is 0 Å². The second-order valence-corrected chi connectivity index (χ2v) is 7.14. The molecule has 4 rings (SSSR count). The summed E-state index contributed by atoms with van der Waals surface area (Å²) in [5.41, 5.74) is 1.87. The number of fused-ring (bicyclic) bond motifs is 4. The van der Waals surface area contributed by atoms with Crippen molar-refractivity contribution in [2.45, 2.75) is 18.9 Å². The van der Waals surface area contributed by atoms with Gasteiger partial charge in [-0.25, -0.2) is 0 Å². The van der Waals surface area contributed by atoms with E-state index < -0.39 is 0 Å². The van der Waals surface area contributed by atoms with E-state index in [4.69, 9.17) is 4.74 Å². The average molecular weight is 353 g/mol. The largest absolute Gasteiger partial charge is 0.495 e. The molecule has 1 N–H and O–H groups in total. The molecule has 1 aromatic carbocycles. The zero-order valence-corrected chi connectivity index (χ0v) is 14.9. The van der Waals surface area contributed by atoms with Gasteiger partial charge < -0.3 is 14.6 Å². The van der Waals surface area contributed by atoms with E-state index in [0.29, 0.717) is 29.8 Å². The second-order valence-electron chi connectivity index (χ2n) is 7.14. The van der Waals surface area contributed by atoms with Gasteiger partial charge in [0.05, 0.1) is 19.3 Å². The van der Waals surface area contributed by atoms with Gasteiger partial charge in [-0.3, -0.25) is 14.5 Å². The van der Waals surface area contributed by atoms with Crippen molar-refractivity contribution in [2.75, 3.05) is 32.1 Å². The van der Waals surface area contributed by atoms with E-state index in [0.717, 1.165) is 31.7 Å². The Labute approximate surface area is 152 Å². The Morgan fingerprint density at radius 2 is 2.00 bits per heavy atom. The van der Waals surface area contributed by atoms with Crippen molar-refractivity contribution < 1.29 is 9.53 Å². The van der Waals surface area contributed by atoms with Gasteiger partial charge in [0.25, 0.3) is 5.56 Å². The Hall–Kier alpha value is -2.60. The predicted molar refractivity (Wildman–Crippen MR) is 99.6 cm³/mol. The maximum absolute atomic E-state index is 12.5. The van der Waals surface area contributed by atoms with E-state index >= 15 is 0 Å². The fourth-order valence-electron chi connectivity index (χ4n) is 4.27. The number of likely N-dealkylation sites (tertiary alicyclic amines) is 1. The summed E-state index contributed by atoms with van der Waals surface area (Å²) in [6.45, 7) is 2.74. The van der Waals surface area contributed by atoms with Gasteiger partial charge in [-0.2, -0.15) is 0 Å². The highest BCUT2D eigenvalue weighted by molar-refractivity contribution is 5.93. The highest BCUT2D eigenvalue weighted by Crippen LogP contribution is 2.34. The van der Waals surface area contributed by atoms with Crippen LogP contribution in [0.25, 0.3) is 0 Å². The van der Waals surface area contributed by atoms with Crippen LogP contribution in [0.4, 0.5) is 5.69 Å². The number of aromatic nitrogens is 1. The Kier molecular flexibility index (Phi) is 4.51. The Morgan fingerprint density at radius 1 is 1.15 bits per heavy atom. The molecule has 1 aromatic heterocycles. The molecular weight excluding hydrogens is 330 g/mol. The van der Waals surface area contributed by atoms with Gasteiger partial charge in [0.1, 0.15) is 5.75 Å². The topological polar surface area (TPSA) is 63.6 Å². The van der Waals surface area contributed by atoms with Gasteiger partial charge in [0, 0.05) is 37.3 Å². The molecule has 3 heterocycles. The lowest BCUT2D eigenvalue weighted by Crippen LogP contribution is -2.49. The minimum atomic E-state index is -0.0417. The highest BCUT2D eigenvalue weighted by atomic mass is 16.5. The average Bonchev–Trinajstić information content (AvgIpc) is 2.63. The van der Waals surface area contributed by atoms with E-state index in [1.807, 2.05) is 41.0 Å². The lowest BCUT2D eigenvalue weighted by molar-refractivity contribution is -0.118. The molecule has 26 heavy (non-hydrogen) atoms. The number of hydrogen-bond acceptors (Lipinski definition) is 4. The lowest BCUT2D eigenvalue weighted by Gasteiger charge is -2.42. The molecule has 2 atom stereocenters. The van der Waals surface area contributed by atoms with Gasteiger partial charge in [0.2, 0.25) is 5.91 Å². The zero-order chi connectivity index (χ0) is 18.1. The number of rotatable bonds is 4. The Balaban J connectivity index is 1.44. The molecule has 1 saturated heterocycles. The quantitative estimate of drug-likeness (QED) is 0.912. The zero-order valence-electron chi connectivity index (χ0n) is 14.9. The number of para-hydroxylation sites is 2. The van der Waals surface area contributed by atoms with Gasteiger partial charge in [0.15, 0.2) is 0 Å². The molecule has 2 unspecified atom stereocenters. The van der Waals surface area contributed by atoms with Crippen LogP contribution in [-0.4, -0.2) is 42.1 Å². The fraction of sp³-hybridized carbons (Fsp3) is 0.400. The van der Waals surface area contributed by atoms with Gasteiger partial charge in [-0.1, -0.05) is 18.2 Å². The molecule has 0 aliphatic carbocycles. The van der Waals surface area contributed by atoms with Crippen LogP contribution in [-0.2, 0) is 11.3 Å². The number of benzene rings is 1. The maximum atomic E-state index is 12.5. The standard InChI is InChI=1S/C20H23N3O3/c1-26-18-7-3-2-5-16(18)21-19(24)13-22-10-14-9-15(12-22)17-6-4-8-20(25)23(17)11-14/h2-8,14-15H,9-13H2,1H3,(H,21,24). The molecule has 2 aliphatic rings. The van der Waals surface area contributed by atoms with Crippen LogP contribution in [0.1, 0.15) is 18.0 Å². The van der Waals surface area contributed by atoms with E-state index in [-0.39, 0.29) is 11.5 Å². The minimum Gasteiger partial charge on any atom is -0.495 e. The molecule has 0 radical (unpaired) electrons. The summed E-state index contributed by atoms with van der Waals surface area (Å²) < 4.78 is 7.19. The number of nitrogens with zero attached hydrogens (tertiary/aromatic N) is 2. The molecule has 0 saturated carbocycles. The van der Waals surface area contributed by atoms with Crippen LogP contribution in [0.2, 0.25) is 0 Å². The fourth-order valence-corrected chi connectivity index (χ4v) is 4.27. The third-order valence-electron chi connectivity index (χ3n) is 5.30. The molecule has 2 aliphatic heterocycles. The molecule has 1 fully saturated rings. The molecule has 136 valence electrons. The van der Waals surface area contributed by atoms with E-state index in [9.17, 15) is 9.59 Å². The molecule has 2 aromatic rings. The SMILES string of the molecule is COc1ccccc1NC(=O)CN1CC2CC(C1)c1cccc(=O)n1C2. The predicted octanol–water partition coefficient (Wildman–Crippen LogP) is 1.91. The first kappa shape index (κ1) is 16.8. The smallest absolute Gasteiger partial charge is 0.250 e. The number of carbonyl (C=O) groups excluding carboxylic acids is 1. The van der Waals surface area contributed by atoms with Crippen molar-refractivity contribution in [3.05, 3.63) is 58.5 Å². The van der Waals surface area contributed by atoms with Crippen molar-refractivity contribution in [3.8, 4) is 5.75 Å². The Bertz CT molecular complexity index is 877.